The number of rotatable bonds is 10. The predicted molar refractivity (Wildman–Crippen MR) is 104 cm³/mol. The van der Waals surface area contributed by atoms with Crippen LogP contribution in [0.5, 0.6) is 0 Å². The van der Waals surface area contributed by atoms with Gasteiger partial charge in [0.05, 0.1) is 12.4 Å². The number of carbonyl (C=O) groups is 2. The average Bonchev–Trinajstić information content (AvgIpc) is 3.14. The van der Waals surface area contributed by atoms with Crippen LogP contribution in [0.1, 0.15) is 12.8 Å². The van der Waals surface area contributed by atoms with Gasteiger partial charge in [-0.15, -0.1) is 21.8 Å². The molecule has 146 valence electrons. The molecule has 1 aliphatic rings. The quantitative estimate of drug-likeness (QED) is 0.343. The predicted octanol–water partition coefficient (Wildman–Crippen LogP) is 1.06. The molecule has 1 aromatic rings. The first-order valence-corrected chi connectivity index (χ1v) is 10.8. The number of thioether (sulfide) groups is 1. The van der Waals surface area contributed by atoms with Crippen molar-refractivity contribution in [3.63, 3.8) is 0 Å². The van der Waals surface area contributed by atoms with Crippen molar-refractivity contribution in [3.05, 3.63) is 0 Å². The van der Waals surface area contributed by atoms with Gasteiger partial charge >= 0.3 is 0 Å². The third-order valence-corrected chi connectivity index (χ3v) is 6.16. The second-order valence-corrected chi connectivity index (χ2v) is 8.20. The maximum absolute atomic E-state index is 12.0. The molecule has 1 aromatic heterocycles. The smallest absolute Gasteiger partial charge is 0.230 e. The molecule has 1 saturated heterocycles. The van der Waals surface area contributed by atoms with E-state index in [-0.39, 0.29) is 11.8 Å². The molecule has 11 heteroatoms. The van der Waals surface area contributed by atoms with Gasteiger partial charge in [-0.1, -0.05) is 23.1 Å². The Labute approximate surface area is 166 Å². The van der Waals surface area contributed by atoms with Crippen LogP contribution in [0.3, 0.4) is 0 Å². The lowest BCUT2D eigenvalue weighted by atomic mass is 10.2. The second kappa shape index (κ2) is 11.6. The van der Waals surface area contributed by atoms with Crippen LogP contribution in [0.4, 0.5) is 5.13 Å². The first-order chi connectivity index (χ1) is 12.6. The minimum absolute atomic E-state index is 0.0483. The summed E-state index contributed by atoms with van der Waals surface area (Å²) in [6, 6.07) is 0. The molecule has 0 radical (unpaired) electrons. The first kappa shape index (κ1) is 21.2. The Morgan fingerprint density at radius 3 is 2.77 bits per heavy atom. The van der Waals surface area contributed by atoms with Gasteiger partial charge < -0.3 is 19.9 Å². The van der Waals surface area contributed by atoms with Gasteiger partial charge in [-0.05, 0) is 6.42 Å². The van der Waals surface area contributed by atoms with Gasteiger partial charge in [0.25, 0.3) is 0 Å². The summed E-state index contributed by atoms with van der Waals surface area (Å²) in [7, 11) is 1.60. The van der Waals surface area contributed by atoms with Crippen molar-refractivity contribution >= 4 is 51.6 Å². The number of amides is 2. The van der Waals surface area contributed by atoms with E-state index >= 15 is 0 Å². The molecule has 2 rings (SSSR count). The summed E-state index contributed by atoms with van der Waals surface area (Å²) in [5.41, 5.74) is 0. The van der Waals surface area contributed by atoms with Crippen LogP contribution in [-0.4, -0.2) is 85.0 Å². The van der Waals surface area contributed by atoms with Crippen molar-refractivity contribution in [2.24, 2.45) is 0 Å². The summed E-state index contributed by atoms with van der Waals surface area (Å²) in [5.74, 6) is 0.939. The average molecular weight is 422 g/mol. The summed E-state index contributed by atoms with van der Waals surface area (Å²) in [6.45, 7) is 3.86. The molecule has 2 amide bonds. The van der Waals surface area contributed by atoms with Gasteiger partial charge in [-0.3, -0.25) is 9.59 Å². The Kier molecular flexibility index (Phi) is 9.44. The van der Waals surface area contributed by atoms with Crippen LogP contribution in [0.15, 0.2) is 4.34 Å². The number of anilines is 1. The number of ether oxygens (including phenoxy) is 1. The van der Waals surface area contributed by atoms with E-state index in [1.165, 1.54) is 23.1 Å². The number of hydrogen-bond acceptors (Lipinski definition) is 8. The number of carbonyl (C=O) groups excluding carboxylic acids is 2. The summed E-state index contributed by atoms with van der Waals surface area (Å²) in [5, 5.41) is 12.0. The minimum atomic E-state index is -0.0483. The zero-order chi connectivity index (χ0) is 18.8. The van der Waals surface area contributed by atoms with Gasteiger partial charge in [-0.2, -0.15) is 0 Å². The van der Waals surface area contributed by atoms with Crippen LogP contribution in [-0.2, 0) is 14.3 Å². The number of nitrogens with zero attached hydrogens (tertiary/aromatic N) is 4. The van der Waals surface area contributed by atoms with E-state index in [1.54, 1.807) is 7.11 Å². The van der Waals surface area contributed by atoms with E-state index in [0.717, 1.165) is 29.0 Å². The van der Waals surface area contributed by atoms with E-state index in [2.05, 4.69) is 20.4 Å². The molecule has 1 aliphatic heterocycles. The molecule has 1 fully saturated rings. The van der Waals surface area contributed by atoms with Gasteiger partial charge in [0, 0.05) is 52.1 Å². The van der Waals surface area contributed by atoms with Crippen LogP contribution in [0, 0.1) is 0 Å². The van der Waals surface area contributed by atoms with Gasteiger partial charge in [0.15, 0.2) is 4.34 Å². The largest absolute Gasteiger partial charge is 0.383 e. The van der Waals surface area contributed by atoms with E-state index in [9.17, 15) is 9.59 Å². The van der Waals surface area contributed by atoms with E-state index in [0.29, 0.717) is 44.3 Å². The third-order valence-electron chi connectivity index (χ3n) is 3.78. The van der Waals surface area contributed by atoms with Crippen molar-refractivity contribution in [1.29, 1.82) is 0 Å². The zero-order valence-corrected chi connectivity index (χ0v) is 17.2. The number of alkyl halides is 1. The number of aromatic nitrogens is 2. The van der Waals surface area contributed by atoms with Gasteiger partial charge in [0.1, 0.15) is 0 Å². The van der Waals surface area contributed by atoms with Crippen molar-refractivity contribution in [3.8, 4) is 0 Å². The van der Waals surface area contributed by atoms with Crippen molar-refractivity contribution in [1.82, 2.24) is 20.4 Å². The summed E-state index contributed by atoms with van der Waals surface area (Å²) in [4.78, 5) is 27.7. The maximum atomic E-state index is 12.0. The highest BCUT2D eigenvalue weighted by atomic mass is 35.5. The molecule has 0 aromatic carbocycles. The number of hydrogen-bond donors (Lipinski definition) is 1. The Morgan fingerprint density at radius 2 is 2.08 bits per heavy atom. The fourth-order valence-electron chi connectivity index (χ4n) is 2.38. The lowest BCUT2D eigenvalue weighted by molar-refractivity contribution is -0.131. The number of methoxy groups -OCH3 is 1. The number of halogens is 1. The zero-order valence-electron chi connectivity index (χ0n) is 14.8. The maximum Gasteiger partial charge on any atom is 0.230 e. The molecular formula is C15H24ClN5O3S2. The second-order valence-electron chi connectivity index (χ2n) is 5.64. The topological polar surface area (TPSA) is 87.7 Å². The monoisotopic (exact) mass is 421 g/mol. The molecular weight excluding hydrogens is 398 g/mol. The molecule has 1 N–H and O–H groups in total. The Bertz CT molecular complexity index is 581. The van der Waals surface area contributed by atoms with E-state index in [1.807, 2.05) is 4.90 Å². The first-order valence-electron chi connectivity index (χ1n) is 8.44. The van der Waals surface area contributed by atoms with Crippen molar-refractivity contribution < 1.29 is 14.3 Å². The van der Waals surface area contributed by atoms with Crippen LogP contribution >= 0.6 is 34.7 Å². The summed E-state index contributed by atoms with van der Waals surface area (Å²) < 4.78 is 5.66. The number of nitrogens with one attached hydrogen (secondary N) is 1. The minimum Gasteiger partial charge on any atom is -0.383 e. The Balaban J connectivity index is 1.73. The molecule has 0 bridgehead atoms. The normalized spacial score (nSPS) is 14.5. The van der Waals surface area contributed by atoms with Crippen LogP contribution < -0.4 is 10.2 Å². The highest BCUT2D eigenvalue weighted by Gasteiger charge is 2.23. The third kappa shape index (κ3) is 6.90. The standard InChI is InChI=1S/C15H24ClN5O3S2/c1-24-10-5-17-12(22)11-25-15-19-18-14(26-15)21-8-6-20(7-9-21)13(23)3-2-4-16/h2-11H2,1H3,(H,17,22). The molecule has 26 heavy (non-hydrogen) atoms. The van der Waals surface area contributed by atoms with Crippen molar-refractivity contribution in [2.45, 2.75) is 17.2 Å². The fraction of sp³-hybridized carbons (Fsp3) is 0.733. The van der Waals surface area contributed by atoms with Gasteiger partial charge in [0.2, 0.25) is 16.9 Å². The molecule has 2 heterocycles. The molecule has 8 nitrogen and oxygen atoms in total. The van der Waals surface area contributed by atoms with E-state index in [4.69, 9.17) is 16.3 Å². The van der Waals surface area contributed by atoms with Crippen molar-refractivity contribution in [2.75, 3.05) is 63.0 Å². The molecule has 0 spiro atoms. The van der Waals surface area contributed by atoms with E-state index < -0.39 is 0 Å². The fourth-order valence-corrected chi connectivity index (χ4v) is 4.24. The SMILES string of the molecule is COCCNC(=O)CSc1nnc(N2CCN(C(=O)CCCCl)CC2)s1. The molecule has 0 unspecified atom stereocenters. The summed E-state index contributed by atoms with van der Waals surface area (Å²) >= 11 is 8.49. The lowest BCUT2D eigenvalue weighted by Crippen LogP contribution is -2.48. The van der Waals surface area contributed by atoms with Gasteiger partial charge in [-0.25, -0.2) is 0 Å². The molecule has 0 saturated carbocycles. The molecule has 0 aliphatic carbocycles. The Morgan fingerprint density at radius 1 is 1.31 bits per heavy atom. The van der Waals surface area contributed by atoms with Crippen LogP contribution in [0.2, 0.25) is 0 Å². The highest BCUT2D eigenvalue weighted by Crippen LogP contribution is 2.28. The van der Waals surface area contributed by atoms with Crippen LogP contribution in [0.25, 0.3) is 0 Å². The lowest BCUT2D eigenvalue weighted by Gasteiger charge is -2.34. The Hall–Kier alpha value is -1.10. The summed E-state index contributed by atoms with van der Waals surface area (Å²) in [6.07, 6.45) is 1.23. The number of piperazine rings is 1. The highest BCUT2D eigenvalue weighted by molar-refractivity contribution is 8.01. The molecule has 0 atom stereocenters.